The van der Waals surface area contributed by atoms with Crippen LogP contribution in [0.5, 0.6) is 23.0 Å². The van der Waals surface area contributed by atoms with Crippen molar-refractivity contribution in [3.05, 3.63) is 42.0 Å². The lowest BCUT2D eigenvalue weighted by Gasteiger charge is -2.10. The zero-order valence-electron chi connectivity index (χ0n) is 17.2. The Labute approximate surface area is 183 Å². The molecule has 0 aliphatic carbocycles. The number of carbonyl (C=O) groups excluding carboxylic acids is 1. The summed E-state index contributed by atoms with van der Waals surface area (Å²) in [7, 11) is 3.12. The number of amides is 1. The minimum Gasteiger partial charge on any atom is -0.493 e. The van der Waals surface area contributed by atoms with Crippen molar-refractivity contribution in [1.29, 1.82) is 0 Å². The zero-order valence-corrected chi connectivity index (χ0v) is 18.0. The van der Waals surface area contributed by atoms with Crippen LogP contribution in [0.25, 0.3) is 11.5 Å². The molecular weight excluding hydrogens is 422 g/mol. The van der Waals surface area contributed by atoms with Crippen LogP contribution < -0.4 is 24.3 Å². The Hall–Kier alpha value is -3.40. The number of nitrogens with zero attached hydrogens (tertiary/aromatic N) is 2. The van der Waals surface area contributed by atoms with Gasteiger partial charge >= 0.3 is 0 Å². The van der Waals surface area contributed by atoms with Gasteiger partial charge in [-0.05, 0) is 42.8 Å². The van der Waals surface area contributed by atoms with E-state index in [0.29, 0.717) is 46.2 Å². The number of ether oxygens (including phenoxy) is 4. The standard InChI is InChI=1S/C21H21N3O6S/c1-12(19(25)22-10-13-4-6-16-18(8-13)29-11-28-16)31-21-24-23-20(30-21)14-5-7-15(26-2)17(9-14)27-3/h4-9,12H,10-11H2,1-3H3,(H,22,25). The Balaban J connectivity index is 1.35. The van der Waals surface area contributed by atoms with Gasteiger partial charge in [0.05, 0.1) is 19.5 Å². The van der Waals surface area contributed by atoms with Crippen molar-refractivity contribution in [2.45, 2.75) is 23.9 Å². The summed E-state index contributed by atoms with van der Waals surface area (Å²) in [5.41, 5.74) is 1.61. The van der Waals surface area contributed by atoms with Gasteiger partial charge in [0, 0.05) is 12.1 Å². The third-order valence-electron chi connectivity index (χ3n) is 4.59. The molecule has 1 N–H and O–H groups in total. The molecule has 0 saturated heterocycles. The Bertz CT molecular complexity index is 1090. The molecule has 10 heteroatoms. The summed E-state index contributed by atoms with van der Waals surface area (Å²) in [6, 6.07) is 10.9. The molecule has 1 atom stereocenters. The number of aromatic nitrogens is 2. The maximum atomic E-state index is 12.5. The van der Waals surface area contributed by atoms with Gasteiger partial charge < -0.3 is 28.7 Å². The fourth-order valence-electron chi connectivity index (χ4n) is 2.93. The summed E-state index contributed by atoms with van der Waals surface area (Å²) in [5, 5.41) is 10.9. The molecule has 9 nitrogen and oxygen atoms in total. The van der Waals surface area contributed by atoms with E-state index in [0.717, 1.165) is 5.56 Å². The summed E-state index contributed by atoms with van der Waals surface area (Å²) < 4.78 is 26.9. The van der Waals surface area contributed by atoms with Crippen LogP contribution in [0.1, 0.15) is 12.5 Å². The lowest BCUT2D eigenvalue weighted by molar-refractivity contribution is -0.120. The van der Waals surface area contributed by atoms with E-state index < -0.39 is 5.25 Å². The second-order valence-electron chi connectivity index (χ2n) is 6.61. The summed E-state index contributed by atoms with van der Waals surface area (Å²) in [4.78, 5) is 12.5. The zero-order chi connectivity index (χ0) is 21.8. The van der Waals surface area contributed by atoms with Crippen LogP contribution >= 0.6 is 11.8 Å². The first-order valence-electron chi connectivity index (χ1n) is 9.46. The minimum absolute atomic E-state index is 0.145. The van der Waals surface area contributed by atoms with E-state index in [9.17, 15) is 4.79 Å². The van der Waals surface area contributed by atoms with E-state index in [4.69, 9.17) is 23.4 Å². The van der Waals surface area contributed by atoms with Gasteiger partial charge in [0.1, 0.15) is 0 Å². The predicted octanol–water partition coefficient (Wildman–Crippen LogP) is 3.28. The van der Waals surface area contributed by atoms with Gasteiger partial charge in [-0.1, -0.05) is 17.8 Å². The first-order chi connectivity index (χ1) is 15.1. The monoisotopic (exact) mass is 443 g/mol. The number of hydrogen-bond acceptors (Lipinski definition) is 9. The van der Waals surface area contributed by atoms with Crippen molar-refractivity contribution in [2.24, 2.45) is 0 Å². The van der Waals surface area contributed by atoms with Crippen molar-refractivity contribution >= 4 is 17.7 Å². The minimum atomic E-state index is -0.423. The molecular formula is C21H21N3O6S. The maximum Gasteiger partial charge on any atom is 0.277 e. The van der Waals surface area contributed by atoms with Crippen LogP contribution in [-0.4, -0.2) is 42.4 Å². The number of fused-ring (bicyclic) bond motifs is 1. The first kappa shape index (κ1) is 20.9. The average Bonchev–Trinajstić information content (AvgIpc) is 3.46. The van der Waals surface area contributed by atoms with E-state index in [-0.39, 0.29) is 12.7 Å². The summed E-state index contributed by atoms with van der Waals surface area (Å²) in [5.74, 6) is 2.74. The van der Waals surface area contributed by atoms with Crippen molar-refractivity contribution in [3.63, 3.8) is 0 Å². The van der Waals surface area contributed by atoms with Gasteiger partial charge in [-0.25, -0.2) is 0 Å². The third kappa shape index (κ3) is 4.69. The highest BCUT2D eigenvalue weighted by Gasteiger charge is 2.20. The molecule has 162 valence electrons. The predicted molar refractivity (Wildman–Crippen MR) is 113 cm³/mol. The number of hydrogen-bond donors (Lipinski definition) is 1. The molecule has 0 bridgehead atoms. The van der Waals surface area contributed by atoms with Gasteiger partial charge in [-0.2, -0.15) is 0 Å². The van der Waals surface area contributed by atoms with Crippen LogP contribution in [0.15, 0.2) is 46.0 Å². The van der Waals surface area contributed by atoms with Gasteiger partial charge in [0.2, 0.25) is 18.6 Å². The molecule has 1 amide bonds. The molecule has 31 heavy (non-hydrogen) atoms. The smallest absolute Gasteiger partial charge is 0.277 e. The van der Waals surface area contributed by atoms with Gasteiger partial charge in [-0.15, -0.1) is 10.2 Å². The van der Waals surface area contributed by atoms with Crippen LogP contribution in [-0.2, 0) is 11.3 Å². The Morgan fingerprint density at radius 1 is 1.10 bits per heavy atom. The lowest BCUT2D eigenvalue weighted by atomic mass is 10.2. The van der Waals surface area contributed by atoms with Crippen molar-refractivity contribution < 1.29 is 28.2 Å². The number of benzene rings is 2. The second-order valence-corrected chi connectivity index (χ2v) is 7.90. The molecule has 0 fully saturated rings. The van der Waals surface area contributed by atoms with E-state index in [1.807, 2.05) is 18.2 Å². The van der Waals surface area contributed by atoms with E-state index in [2.05, 4.69) is 15.5 Å². The fourth-order valence-corrected chi connectivity index (χ4v) is 3.64. The first-order valence-corrected chi connectivity index (χ1v) is 10.3. The van der Waals surface area contributed by atoms with Crippen LogP contribution in [0.3, 0.4) is 0 Å². The number of nitrogens with one attached hydrogen (secondary N) is 1. The molecule has 0 radical (unpaired) electrons. The van der Waals surface area contributed by atoms with Crippen molar-refractivity contribution in [2.75, 3.05) is 21.0 Å². The highest BCUT2D eigenvalue weighted by molar-refractivity contribution is 8.00. The molecule has 1 aliphatic rings. The van der Waals surface area contributed by atoms with Crippen molar-refractivity contribution in [1.82, 2.24) is 15.5 Å². The van der Waals surface area contributed by atoms with Gasteiger partial charge in [-0.3, -0.25) is 4.79 Å². The molecule has 2 heterocycles. The third-order valence-corrected chi connectivity index (χ3v) is 5.52. The maximum absolute atomic E-state index is 12.5. The average molecular weight is 443 g/mol. The molecule has 1 unspecified atom stereocenters. The largest absolute Gasteiger partial charge is 0.493 e. The topological polar surface area (TPSA) is 105 Å². The van der Waals surface area contributed by atoms with E-state index in [1.165, 1.54) is 11.8 Å². The lowest BCUT2D eigenvalue weighted by Crippen LogP contribution is -2.30. The Morgan fingerprint density at radius 3 is 2.71 bits per heavy atom. The summed E-state index contributed by atoms with van der Waals surface area (Å²) in [6.45, 7) is 2.37. The van der Waals surface area contributed by atoms with Crippen LogP contribution in [0.2, 0.25) is 0 Å². The normalized spacial score (nSPS) is 13.0. The molecule has 0 spiro atoms. The molecule has 1 aliphatic heterocycles. The van der Waals surface area contributed by atoms with E-state index >= 15 is 0 Å². The number of rotatable bonds is 8. The van der Waals surface area contributed by atoms with Gasteiger partial charge in [0.15, 0.2) is 23.0 Å². The van der Waals surface area contributed by atoms with E-state index in [1.54, 1.807) is 39.3 Å². The molecule has 0 saturated carbocycles. The molecule has 4 rings (SSSR count). The van der Waals surface area contributed by atoms with Crippen LogP contribution in [0, 0.1) is 0 Å². The molecule has 1 aromatic heterocycles. The summed E-state index contributed by atoms with van der Waals surface area (Å²) in [6.07, 6.45) is 0. The fraction of sp³-hybridized carbons (Fsp3) is 0.286. The quantitative estimate of drug-likeness (QED) is 0.525. The number of thioether (sulfide) groups is 1. The molecule has 3 aromatic rings. The second kappa shape index (κ2) is 9.17. The highest BCUT2D eigenvalue weighted by atomic mass is 32.2. The SMILES string of the molecule is COc1ccc(-c2nnc(SC(C)C(=O)NCc3ccc4c(c3)OCO4)o2)cc1OC. The number of carbonyl (C=O) groups is 1. The highest BCUT2D eigenvalue weighted by Crippen LogP contribution is 2.34. The molecule has 2 aromatic carbocycles. The van der Waals surface area contributed by atoms with Crippen molar-refractivity contribution in [3.8, 4) is 34.5 Å². The Kier molecular flexibility index (Phi) is 6.17. The van der Waals surface area contributed by atoms with Crippen LogP contribution in [0.4, 0.5) is 0 Å². The summed E-state index contributed by atoms with van der Waals surface area (Å²) >= 11 is 1.19. The Morgan fingerprint density at radius 2 is 1.90 bits per heavy atom. The van der Waals surface area contributed by atoms with Gasteiger partial charge in [0.25, 0.3) is 5.22 Å². The number of methoxy groups -OCH3 is 2.